The minimum atomic E-state index is -0.135. The molecule has 1 aliphatic heterocycles. The van der Waals surface area contributed by atoms with Crippen LogP contribution in [0.25, 0.3) is 0 Å². The number of carbonyl (C=O) groups excluding carboxylic acids is 1. The number of ether oxygens (including phenoxy) is 1. The van der Waals surface area contributed by atoms with Crippen molar-refractivity contribution in [2.75, 3.05) is 33.8 Å². The average molecular weight is 450 g/mol. The Bertz CT molecular complexity index is 522. The molecule has 0 saturated carbocycles. The summed E-state index contributed by atoms with van der Waals surface area (Å²) < 4.78 is 6.85. The zero-order valence-corrected chi connectivity index (χ0v) is 16.8. The molecule has 0 aromatic carbocycles. The fourth-order valence-corrected chi connectivity index (χ4v) is 2.89. The van der Waals surface area contributed by atoms with Crippen molar-refractivity contribution in [1.29, 1.82) is 0 Å². The molecule has 1 N–H and O–H groups in total. The normalized spacial score (nSPS) is 20.6. The van der Waals surface area contributed by atoms with Crippen molar-refractivity contribution in [3.8, 4) is 0 Å². The van der Waals surface area contributed by atoms with E-state index in [0.717, 1.165) is 38.4 Å². The lowest BCUT2D eigenvalue weighted by Gasteiger charge is -2.21. The van der Waals surface area contributed by atoms with Crippen LogP contribution < -0.4 is 5.32 Å². The van der Waals surface area contributed by atoms with Gasteiger partial charge in [0.1, 0.15) is 12.7 Å². The first-order chi connectivity index (χ1) is 11.2. The molecule has 1 aromatic heterocycles. The van der Waals surface area contributed by atoms with E-state index in [1.807, 2.05) is 4.57 Å². The number of hydrogen-bond donors (Lipinski definition) is 1. The maximum atomic E-state index is 11.8. The SMILES string of the molecule is CN=C(NCCCCn1cnnc1)N1CC(C)C(C(=O)OC)C1.I. The van der Waals surface area contributed by atoms with Gasteiger partial charge in [-0.05, 0) is 18.8 Å². The fraction of sp³-hybridized carbons (Fsp3) is 0.733. The molecule has 2 rings (SSSR count). The second kappa shape index (κ2) is 10.5. The fourth-order valence-electron chi connectivity index (χ4n) is 2.89. The number of aryl methyl sites for hydroxylation is 1. The van der Waals surface area contributed by atoms with E-state index in [2.05, 4.69) is 32.3 Å². The van der Waals surface area contributed by atoms with E-state index in [1.54, 1.807) is 19.7 Å². The van der Waals surface area contributed by atoms with E-state index in [9.17, 15) is 4.79 Å². The van der Waals surface area contributed by atoms with Gasteiger partial charge >= 0.3 is 5.97 Å². The van der Waals surface area contributed by atoms with Gasteiger partial charge in [0.25, 0.3) is 0 Å². The minimum absolute atomic E-state index is 0. The standard InChI is InChI=1S/C15H26N6O2.HI/c1-12-8-21(9-13(12)14(22)23-3)15(16-2)17-6-4-5-7-20-10-18-19-11-20;/h10-13H,4-9H2,1-3H3,(H,16,17);1H. The summed E-state index contributed by atoms with van der Waals surface area (Å²) in [6, 6.07) is 0. The van der Waals surface area contributed by atoms with E-state index < -0.39 is 0 Å². The Balaban J connectivity index is 0.00000288. The van der Waals surface area contributed by atoms with Crippen molar-refractivity contribution in [2.45, 2.75) is 26.3 Å². The predicted octanol–water partition coefficient (Wildman–Crippen LogP) is 0.993. The van der Waals surface area contributed by atoms with Crippen LogP contribution in [-0.4, -0.2) is 65.4 Å². The van der Waals surface area contributed by atoms with Gasteiger partial charge in [0.05, 0.1) is 13.0 Å². The van der Waals surface area contributed by atoms with Crippen LogP contribution in [0, 0.1) is 11.8 Å². The molecule has 0 amide bonds. The van der Waals surface area contributed by atoms with Gasteiger partial charge in [-0.1, -0.05) is 6.92 Å². The third-order valence-electron chi connectivity index (χ3n) is 4.22. The van der Waals surface area contributed by atoms with Gasteiger partial charge in [0.15, 0.2) is 5.96 Å². The number of rotatable bonds is 6. The Morgan fingerprint density at radius 3 is 2.67 bits per heavy atom. The Morgan fingerprint density at radius 2 is 2.04 bits per heavy atom. The van der Waals surface area contributed by atoms with Gasteiger partial charge in [-0.15, -0.1) is 34.2 Å². The minimum Gasteiger partial charge on any atom is -0.469 e. The van der Waals surface area contributed by atoms with E-state index in [0.29, 0.717) is 6.54 Å². The first-order valence-corrected chi connectivity index (χ1v) is 8.01. The summed E-state index contributed by atoms with van der Waals surface area (Å²) in [7, 11) is 3.22. The molecule has 136 valence electrons. The van der Waals surface area contributed by atoms with Crippen LogP contribution in [0.2, 0.25) is 0 Å². The average Bonchev–Trinajstić information content (AvgIpc) is 3.20. The quantitative estimate of drug-likeness (QED) is 0.229. The van der Waals surface area contributed by atoms with Crippen molar-refractivity contribution in [1.82, 2.24) is 25.0 Å². The van der Waals surface area contributed by atoms with Crippen LogP contribution in [0.15, 0.2) is 17.6 Å². The van der Waals surface area contributed by atoms with Crippen molar-refractivity contribution in [3.63, 3.8) is 0 Å². The van der Waals surface area contributed by atoms with Gasteiger partial charge in [-0.2, -0.15) is 0 Å². The number of guanidine groups is 1. The summed E-state index contributed by atoms with van der Waals surface area (Å²) in [6.07, 6.45) is 5.53. The zero-order chi connectivity index (χ0) is 16.7. The van der Waals surface area contributed by atoms with Crippen LogP contribution >= 0.6 is 24.0 Å². The highest BCUT2D eigenvalue weighted by atomic mass is 127. The number of unbranched alkanes of at least 4 members (excludes halogenated alkanes) is 1. The molecule has 8 nitrogen and oxygen atoms in total. The highest BCUT2D eigenvalue weighted by Crippen LogP contribution is 2.23. The number of esters is 1. The number of carbonyl (C=O) groups is 1. The lowest BCUT2D eigenvalue weighted by atomic mass is 9.99. The molecule has 1 aromatic rings. The maximum Gasteiger partial charge on any atom is 0.310 e. The predicted molar refractivity (Wildman–Crippen MR) is 102 cm³/mol. The molecule has 2 unspecified atom stereocenters. The summed E-state index contributed by atoms with van der Waals surface area (Å²) in [5.74, 6) is 0.916. The van der Waals surface area contributed by atoms with Crippen molar-refractivity contribution < 1.29 is 9.53 Å². The number of halogens is 1. The van der Waals surface area contributed by atoms with Crippen molar-refractivity contribution >= 4 is 35.9 Å². The van der Waals surface area contributed by atoms with E-state index in [4.69, 9.17) is 4.74 Å². The first kappa shape index (κ1) is 20.7. The number of aliphatic imine (C=N–C) groups is 1. The Morgan fingerprint density at radius 1 is 1.33 bits per heavy atom. The second-order valence-electron chi connectivity index (χ2n) is 5.89. The van der Waals surface area contributed by atoms with Gasteiger partial charge in [0, 0.05) is 33.2 Å². The highest BCUT2D eigenvalue weighted by Gasteiger charge is 2.36. The van der Waals surface area contributed by atoms with Gasteiger partial charge in [-0.25, -0.2) is 0 Å². The van der Waals surface area contributed by atoms with Crippen LogP contribution in [-0.2, 0) is 16.1 Å². The molecule has 2 heterocycles. The largest absolute Gasteiger partial charge is 0.469 e. The van der Waals surface area contributed by atoms with Crippen LogP contribution in [0.4, 0.5) is 0 Å². The smallest absolute Gasteiger partial charge is 0.310 e. The Kier molecular flexibility index (Phi) is 9.01. The van der Waals surface area contributed by atoms with Crippen molar-refractivity contribution in [3.05, 3.63) is 12.7 Å². The number of aromatic nitrogens is 3. The molecule has 0 spiro atoms. The van der Waals surface area contributed by atoms with E-state index in [1.165, 1.54) is 7.11 Å². The number of nitrogens with one attached hydrogen (secondary N) is 1. The lowest BCUT2D eigenvalue weighted by Crippen LogP contribution is -2.41. The summed E-state index contributed by atoms with van der Waals surface area (Å²) in [5, 5.41) is 10.9. The molecular formula is C15H27IN6O2. The summed E-state index contributed by atoms with van der Waals surface area (Å²) in [6.45, 7) is 5.32. The first-order valence-electron chi connectivity index (χ1n) is 8.01. The maximum absolute atomic E-state index is 11.8. The number of likely N-dealkylation sites (tertiary alicyclic amines) is 1. The molecule has 1 aliphatic rings. The molecule has 24 heavy (non-hydrogen) atoms. The number of hydrogen-bond acceptors (Lipinski definition) is 5. The molecular weight excluding hydrogens is 423 g/mol. The van der Waals surface area contributed by atoms with Crippen molar-refractivity contribution in [2.24, 2.45) is 16.8 Å². The lowest BCUT2D eigenvalue weighted by molar-refractivity contribution is -0.145. The Hall–Kier alpha value is -1.39. The zero-order valence-electron chi connectivity index (χ0n) is 14.5. The van der Waals surface area contributed by atoms with Gasteiger partial charge < -0.3 is 19.5 Å². The topological polar surface area (TPSA) is 84.6 Å². The summed E-state index contributed by atoms with van der Waals surface area (Å²) in [4.78, 5) is 18.2. The third-order valence-corrected chi connectivity index (χ3v) is 4.22. The molecule has 0 aliphatic carbocycles. The van der Waals surface area contributed by atoms with Crippen LogP contribution in [0.3, 0.4) is 0 Å². The number of nitrogens with zero attached hydrogens (tertiary/aromatic N) is 5. The van der Waals surface area contributed by atoms with Gasteiger partial charge in [-0.3, -0.25) is 9.79 Å². The van der Waals surface area contributed by atoms with E-state index in [-0.39, 0.29) is 41.8 Å². The Labute approximate surface area is 160 Å². The number of methoxy groups -OCH3 is 1. The molecule has 0 radical (unpaired) electrons. The van der Waals surface area contributed by atoms with E-state index >= 15 is 0 Å². The molecule has 1 saturated heterocycles. The molecule has 9 heteroatoms. The summed E-state index contributed by atoms with van der Waals surface area (Å²) in [5.41, 5.74) is 0. The van der Waals surface area contributed by atoms with Crippen LogP contribution in [0.1, 0.15) is 19.8 Å². The van der Waals surface area contributed by atoms with Crippen LogP contribution in [0.5, 0.6) is 0 Å². The molecule has 0 bridgehead atoms. The molecule has 2 atom stereocenters. The third kappa shape index (κ3) is 5.60. The second-order valence-corrected chi connectivity index (χ2v) is 5.89. The molecule has 1 fully saturated rings. The highest BCUT2D eigenvalue weighted by molar-refractivity contribution is 14.0. The monoisotopic (exact) mass is 450 g/mol. The van der Waals surface area contributed by atoms with Gasteiger partial charge in [0.2, 0.25) is 0 Å². The summed E-state index contributed by atoms with van der Waals surface area (Å²) >= 11 is 0.